The number of nitrogens with zero attached hydrogens (tertiary/aromatic N) is 4. The van der Waals surface area contributed by atoms with Gasteiger partial charge in [-0.25, -0.2) is 4.79 Å². The molecule has 2 aliphatic heterocycles. The molecule has 4 rings (SSSR count). The highest BCUT2D eigenvalue weighted by Crippen LogP contribution is 2.33. The molecule has 1 aromatic heterocycles. The number of likely N-dealkylation sites (tertiary alicyclic amines) is 2. The molecule has 0 bridgehead atoms. The van der Waals surface area contributed by atoms with Gasteiger partial charge in [-0.05, 0) is 42.0 Å². The Morgan fingerprint density at radius 3 is 2.48 bits per heavy atom. The average molecular weight is 379 g/mol. The monoisotopic (exact) mass is 378 g/mol. The maximum absolute atomic E-state index is 12.5. The Balaban J connectivity index is 1.35. The number of hydrogen-bond donors (Lipinski definition) is 0. The van der Waals surface area contributed by atoms with Crippen LogP contribution in [0.1, 0.15) is 11.1 Å². The van der Waals surface area contributed by atoms with Crippen LogP contribution >= 0.6 is 23.2 Å². The van der Waals surface area contributed by atoms with Crippen molar-refractivity contribution in [2.24, 2.45) is 11.8 Å². The van der Waals surface area contributed by atoms with Crippen LogP contribution in [0.4, 0.5) is 4.79 Å². The van der Waals surface area contributed by atoms with Crippen LogP contribution in [0.25, 0.3) is 0 Å². The van der Waals surface area contributed by atoms with Gasteiger partial charge in [-0.1, -0.05) is 29.3 Å². The van der Waals surface area contributed by atoms with Gasteiger partial charge < -0.3 is 4.90 Å². The summed E-state index contributed by atoms with van der Waals surface area (Å²) in [5.41, 5.74) is 2.18. The van der Waals surface area contributed by atoms with Gasteiger partial charge in [-0.3, -0.25) is 4.90 Å². The Bertz CT molecular complexity index is 792. The zero-order valence-electron chi connectivity index (χ0n) is 14.0. The molecular formula is C18H20Cl2N4O. The van der Waals surface area contributed by atoms with E-state index in [1.54, 1.807) is 12.4 Å². The Kier molecular flexibility index (Phi) is 4.48. The largest absolute Gasteiger partial charge is 0.344 e. The summed E-state index contributed by atoms with van der Waals surface area (Å²) in [6.07, 6.45) is 3.50. The lowest BCUT2D eigenvalue weighted by molar-refractivity contribution is 0.197. The lowest BCUT2D eigenvalue weighted by atomic mass is 10.0. The Labute approximate surface area is 157 Å². The molecule has 2 fully saturated rings. The molecule has 0 saturated carbocycles. The maximum atomic E-state index is 12.5. The van der Waals surface area contributed by atoms with Gasteiger partial charge >= 0.3 is 6.03 Å². The highest BCUT2D eigenvalue weighted by atomic mass is 35.5. The van der Waals surface area contributed by atoms with Crippen molar-refractivity contribution in [1.82, 2.24) is 19.6 Å². The summed E-state index contributed by atoms with van der Waals surface area (Å²) >= 11 is 12.1. The summed E-state index contributed by atoms with van der Waals surface area (Å²) in [4.78, 5) is 16.9. The van der Waals surface area contributed by atoms with Crippen LogP contribution in [0.5, 0.6) is 0 Å². The molecular weight excluding hydrogens is 359 g/mol. The second kappa shape index (κ2) is 6.63. The van der Waals surface area contributed by atoms with Crippen LogP contribution in [0.2, 0.25) is 10.0 Å². The molecule has 3 heterocycles. The molecule has 7 heteroatoms. The first-order chi connectivity index (χ1) is 12.0. The molecule has 0 radical (unpaired) electrons. The summed E-state index contributed by atoms with van der Waals surface area (Å²) in [6, 6.07) is 5.80. The predicted molar refractivity (Wildman–Crippen MR) is 98.1 cm³/mol. The number of carbonyl (C=O) groups is 1. The van der Waals surface area contributed by atoms with Crippen LogP contribution in [-0.4, -0.2) is 51.8 Å². The number of amides is 1. The number of aryl methyl sites for hydroxylation is 1. The van der Waals surface area contributed by atoms with Crippen molar-refractivity contribution in [3.8, 4) is 0 Å². The molecule has 0 N–H and O–H groups in total. The number of hydrogen-bond acceptors (Lipinski definition) is 3. The zero-order valence-corrected chi connectivity index (χ0v) is 15.5. The lowest BCUT2D eigenvalue weighted by Crippen LogP contribution is -2.36. The Morgan fingerprint density at radius 1 is 1.16 bits per heavy atom. The molecule has 132 valence electrons. The maximum Gasteiger partial charge on any atom is 0.344 e. The zero-order chi connectivity index (χ0) is 17.6. The van der Waals surface area contributed by atoms with E-state index in [0.29, 0.717) is 21.9 Å². The van der Waals surface area contributed by atoms with E-state index in [0.717, 1.165) is 38.3 Å². The molecule has 2 aliphatic rings. The first kappa shape index (κ1) is 16.9. The molecule has 1 aromatic carbocycles. The van der Waals surface area contributed by atoms with Gasteiger partial charge in [0.05, 0.1) is 16.2 Å². The first-order valence-corrected chi connectivity index (χ1v) is 9.22. The topological polar surface area (TPSA) is 41.4 Å². The van der Waals surface area contributed by atoms with Gasteiger partial charge in [-0.2, -0.15) is 9.78 Å². The fourth-order valence-electron chi connectivity index (χ4n) is 3.93. The summed E-state index contributed by atoms with van der Waals surface area (Å²) in [7, 11) is 0. The number of carbonyl (C=O) groups excluding carboxylic acids is 1. The van der Waals surface area contributed by atoms with Gasteiger partial charge in [-0.15, -0.1) is 0 Å². The van der Waals surface area contributed by atoms with Crippen molar-refractivity contribution in [2.75, 3.05) is 26.2 Å². The number of benzene rings is 1. The van der Waals surface area contributed by atoms with Crippen molar-refractivity contribution >= 4 is 29.2 Å². The van der Waals surface area contributed by atoms with E-state index in [4.69, 9.17) is 23.2 Å². The third kappa shape index (κ3) is 3.41. The molecule has 2 atom stereocenters. The average Bonchev–Trinajstić information content (AvgIpc) is 3.25. The van der Waals surface area contributed by atoms with Crippen LogP contribution < -0.4 is 0 Å². The van der Waals surface area contributed by atoms with E-state index in [9.17, 15) is 4.79 Å². The fraction of sp³-hybridized carbons (Fsp3) is 0.444. The van der Waals surface area contributed by atoms with Crippen LogP contribution in [0.3, 0.4) is 0 Å². The van der Waals surface area contributed by atoms with Crippen molar-refractivity contribution in [3.05, 3.63) is 51.8 Å². The van der Waals surface area contributed by atoms with Gasteiger partial charge in [0.1, 0.15) is 0 Å². The number of halogens is 2. The van der Waals surface area contributed by atoms with E-state index in [1.165, 1.54) is 10.2 Å². The summed E-state index contributed by atoms with van der Waals surface area (Å²) in [6.45, 7) is 6.44. The molecule has 5 nitrogen and oxygen atoms in total. The number of rotatable bonds is 2. The highest BCUT2D eigenvalue weighted by Gasteiger charge is 2.41. The third-order valence-electron chi connectivity index (χ3n) is 5.13. The lowest BCUT2D eigenvalue weighted by Gasteiger charge is -2.21. The van der Waals surface area contributed by atoms with Crippen molar-refractivity contribution in [1.29, 1.82) is 0 Å². The summed E-state index contributed by atoms with van der Waals surface area (Å²) < 4.78 is 1.45. The quantitative estimate of drug-likeness (QED) is 0.802. The SMILES string of the molecule is Cc1cnn(C(=O)N2CC3CN(Cc4ccc(Cl)c(Cl)c4)CC3C2)c1. The van der Waals surface area contributed by atoms with Crippen LogP contribution in [0.15, 0.2) is 30.6 Å². The smallest absolute Gasteiger partial charge is 0.322 e. The van der Waals surface area contributed by atoms with Crippen molar-refractivity contribution in [3.63, 3.8) is 0 Å². The van der Waals surface area contributed by atoms with Crippen molar-refractivity contribution in [2.45, 2.75) is 13.5 Å². The molecule has 0 aliphatic carbocycles. The minimum Gasteiger partial charge on any atom is -0.322 e. The van der Waals surface area contributed by atoms with Gasteiger partial charge in [0.15, 0.2) is 0 Å². The highest BCUT2D eigenvalue weighted by molar-refractivity contribution is 6.42. The standard InChI is InChI=1S/C18H20Cl2N4O/c1-12-5-21-24(6-12)18(25)23-10-14-8-22(9-15(14)11-23)7-13-2-3-16(19)17(20)4-13/h2-6,14-15H,7-11H2,1H3. The number of fused-ring (bicyclic) bond motifs is 1. The third-order valence-corrected chi connectivity index (χ3v) is 5.87. The molecule has 2 saturated heterocycles. The Morgan fingerprint density at radius 2 is 1.88 bits per heavy atom. The van der Waals surface area contributed by atoms with E-state index in [2.05, 4.69) is 10.00 Å². The predicted octanol–water partition coefficient (Wildman–Crippen LogP) is 3.53. The van der Waals surface area contributed by atoms with E-state index in [-0.39, 0.29) is 6.03 Å². The molecule has 0 spiro atoms. The normalized spacial score (nSPS) is 23.2. The molecule has 2 unspecified atom stereocenters. The van der Waals surface area contributed by atoms with Gasteiger partial charge in [0.25, 0.3) is 0 Å². The Hall–Kier alpha value is -1.56. The summed E-state index contributed by atoms with van der Waals surface area (Å²) in [5, 5.41) is 5.32. The first-order valence-electron chi connectivity index (χ1n) is 8.46. The number of aromatic nitrogens is 2. The molecule has 25 heavy (non-hydrogen) atoms. The van der Waals surface area contributed by atoms with Crippen LogP contribution in [-0.2, 0) is 6.54 Å². The minimum atomic E-state index is -0.0152. The van der Waals surface area contributed by atoms with Gasteiger partial charge in [0, 0.05) is 38.9 Å². The van der Waals surface area contributed by atoms with E-state index < -0.39 is 0 Å². The summed E-state index contributed by atoms with van der Waals surface area (Å²) in [5.74, 6) is 1.06. The molecule has 1 amide bonds. The fourth-order valence-corrected chi connectivity index (χ4v) is 4.25. The minimum absolute atomic E-state index is 0.0152. The van der Waals surface area contributed by atoms with E-state index >= 15 is 0 Å². The van der Waals surface area contributed by atoms with E-state index in [1.807, 2.05) is 30.0 Å². The second-order valence-corrected chi connectivity index (χ2v) is 7.93. The molecule has 2 aromatic rings. The van der Waals surface area contributed by atoms with Crippen LogP contribution in [0, 0.1) is 18.8 Å². The van der Waals surface area contributed by atoms with Gasteiger partial charge in [0.2, 0.25) is 0 Å². The van der Waals surface area contributed by atoms with Crippen molar-refractivity contribution < 1.29 is 4.79 Å². The second-order valence-electron chi connectivity index (χ2n) is 7.11.